The number of rotatable bonds is 2. The number of aryl methyl sites for hydroxylation is 1. The highest BCUT2D eigenvalue weighted by Crippen LogP contribution is 2.25. The van der Waals surface area contributed by atoms with Crippen LogP contribution in [0.5, 0.6) is 0 Å². The fourth-order valence-electron chi connectivity index (χ4n) is 1.16. The third-order valence-electron chi connectivity index (χ3n) is 1.97. The second kappa shape index (κ2) is 4.09. The number of nitrogens with two attached hydrogens (primary N) is 1. The van der Waals surface area contributed by atoms with Crippen molar-refractivity contribution in [3.8, 4) is 0 Å². The van der Waals surface area contributed by atoms with Gasteiger partial charge in [-0.2, -0.15) is 0 Å². The summed E-state index contributed by atoms with van der Waals surface area (Å²) in [6, 6.07) is 5.24. The molecule has 0 aliphatic carbocycles. The van der Waals surface area contributed by atoms with Crippen LogP contribution >= 0.6 is 11.6 Å². The molecule has 2 nitrogen and oxygen atoms in total. The largest absolute Gasteiger partial charge is 0.387 e. The molecule has 0 aromatic heterocycles. The maximum atomic E-state index is 9.66. The molecule has 1 rings (SSSR count). The van der Waals surface area contributed by atoms with Crippen molar-refractivity contribution in [3.05, 3.63) is 34.3 Å². The molecule has 0 bridgehead atoms. The fourth-order valence-corrected chi connectivity index (χ4v) is 1.50. The fraction of sp³-hybridized carbons (Fsp3) is 0.400. The summed E-state index contributed by atoms with van der Waals surface area (Å²) in [6.07, 6.45) is -0.687. The third-order valence-corrected chi connectivity index (χ3v) is 2.30. The average molecular weight is 200 g/mol. The van der Waals surface area contributed by atoms with E-state index in [1.807, 2.05) is 25.1 Å². The second-order valence-electron chi connectivity index (χ2n) is 3.33. The van der Waals surface area contributed by atoms with Crippen LogP contribution in [0.3, 0.4) is 0 Å². The molecule has 0 unspecified atom stereocenters. The molecule has 3 N–H and O–H groups in total. The molecule has 0 aliphatic heterocycles. The van der Waals surface area contributed by atoms with Crippen LogP contribution in [0.25, 0.3) is 0 Å². The van der Waals surface area contributed by atoms with Gasteiger partial charge in [0.2, 0.25) is 0 Å². The summed E-state index contributed by atoms with van der Waals surface area (Å²) in [7, 11) is 0. The minimum Gasteiger partial charge on any atom is -0.387 e. The van der Waals surface area contributed by atoms with Gasteiger partial charge < -0.3 is 10.8 Å². The molecule has 72 valence electrons. The van der Waals surface area contributed by atoms with Gasteiger partial charge in [0.15, 0.2) is 0 Å². The summed E-state index contributed by atoms with van der Waals surface area (Å²) in [5.41, 5.74) is 7.34. The first-order valence-electron chi connectivity index (χ1n) is 4.22. The zero-order valence-electron chi connectivity index (χ0n) is 7.79. The van der Waals surface area contributed by atoms with Gasteiger partial charge in [-0.15, -0.1) is 0 Å². The Hall–Kier alpha value is -0.570. The van der Waals surface area contributed by atoms with Gasteiger partial charge in [0.05, 0.1) is 6.10 Å². The van der Waals surface area contributed by atoms with Gasteiger partial charge in [-0.05, 0) is 25.5 Å². The average Bonchev–Trinajstić information content (AvgIpc) is 2.03. The van der Waals surface area contributed by atoms with Crippen molar-refractivity contribution in [3.63, 3.8) is 0 Å². The molecule has 0 amide bonds. The molecular weight excluding hydrogens is 186 g/mol. The SMILES string of the molecule is Cc1ccc([C@@H](O)[C@H](C)N)c(Cl)c1. The van der Waals surface area contributed by atoms with E-state index in [2.05, 4.69) is 0 Å². The van der Waals surface area contributed by atoms with Gasteiger partial charge in [0.1, 0.15) is 0 Å². The van der Waals surface area contributed by atoms with Crippen molar-refractivity contribution < 1.29 is 5.11 Å². The number of aliphatic hydroxyl groups excluding tert-OH is 1. The predicted molar refractivity (Wildman–Crippen MR) is 54.8 cm³/mol. The van der Waals surface area contributed by atoms with E-state index in [9.17, 15) is 5.11 Å². The monoisotopic (exact) mass is 199 g/mol. The van der Waals surface area contributed by atoms with Gasteiger partial charge in [0, 0.05) is 16.6 Å². The molecule has 0 radical (unpaired) electrons. The lowest BCUT2D eigenvalue weighted by molar-refractivity contribution is 0.153. The molecule has 0 fully saturated rings. The highest BCUT2D eigenvalue weighted by molar-refractivity contribution is 6.31. The van der Waals surface area contributed by atoms with E-state index in [1.165, 1.54) is 0 Å². The highest BCUT2D eigenvalue weighted by Gasteiger charge is 2.15. The summed E-state index contributed by atoms with van der Waals surface area (Å²) in [6.45, 7) is 3.70. The molecule has 2 atom stereocenters. The zero-order valence-corrected chi connectivity index (χ0v) is 8.55. The molecule has 0 heterocycles. The van der Waals surface area contributed by atoms with Crippen LogP contribution in [0.15, 0.2) is 18.2 Å². The minimum absolute atomic E-state index is 0.305. The molecule has 13 heavy (non-hydrogen) atoms. The molecule has 0 saturated heterocycles. The van der Waals surface area contributed by atoms with Gasteiger partial charge in [-0.1, -0.05) is 23.7 Å². The van der Waals surface area contributed by atoms with Crippen LogP contribution in [0.4, 0.5) is 0 Å². The molecule has 1 aromatic carbocycles. The van der Waals surface area contributed by atoms with Crippen LogP contribution in [-0.4, -0.2) is 11.1 Å². The minimum atomic E-state index is -0.687. The van der Waals surface area contributed by atoms with Gasteiger partial charge >= 0.3 is 0 Å². The summed E-state index contributed by atoms with van der Waals surface area (Å²) in [5.74, 6) is 0. The number of halogens is 1. The van der Waals surface area contributed by atoms with Gasteiger partial charge in [-0.25, -0.2) is 0 Å². The zero-order chi connectivity index (χ0) is 10.0. The molecular formula is C10H14ClNO. The number of hydrogen-bond donors (Lipinski definition) is 2. The van der Waals surface area contributed by atoms with E-state index in [1.54, 1.807) is 6.92 Å². The Balaban J connectivity index is 3.01. The molecule has 0 spiro atoms. The molecule has 0 saturated carbocycles. The Labute approximate surface area is 83.3 Å². The maximum Gasteiger partial charge on any atom is 0.0952 e. The van der Waals surface area contributed by atoms with E-state index >= 15 is 0 Å². The van der Waals surface area contributed by atoms with E-state index in [4.69, 9.17) is 17.3 Å². The molecule has 1 aromatic rings. The Morgan fingerprint density at radius 1 is 1.46 bits per heavy atom. The topological polar surface area (TPSA) is 46.2 Å². The Morgan fingerprint density at radius 3 is 2.54 bits per heavy atom. The first-order chi connectivity index (χ1) is 6.02. The molecule has 3 heteroatoms. The standard InChI is InChI=1S/C10H14ClNO/c1-6-3-4-8(9(11)5-6)10(13)7(2)12/h3-5,7,10,13H,12H2,1-2H3/t7-,10-/m0/s1. The van der Waals surface area contributed by atoms with Crippen LogP contribution < -0.4 is 5.73 Å². The summed E-state index contributed by atoms with van der Waals surface area (Å²) in [5, 5.41) is 10.2. The highest BCUT2D eigenvalue weighted by atomic mass is 35.5. The van der Waals surface area contributed by atoms with Crippen LogP contribution in [-0.2, 0) is 0 Å². The summed E-state index contributed by atoms with van der Waals surface area (Å²) in [4.78, 5) is 0. The van der Waals surface area contributed by atoms with E-state index < -0.39 is 6.10 Å². The maximum absolute atomic E-state index is 9.66. The van der Waals surface area contributed by atoms with Crippen LogP contribution in [0, 0.1) is 6.92 Å². The van der Waals surface area contributed by atoms with Gasteiger partial charge in [0.25, 0.3) is 0 Å². The summed E-state index contributed by atoms with van der Waals surface area (Å²) < 4.78 is 0. The first kappa shape index (κ1) is 10.5. The lowest BCUT2D eigenvalue weighted by Gasteiger charge is -2.16. The van der Waals surface area contributed by atoms with Crippen LogP contribution in [0.2, 0.25) is 5.02 Å². The second-order valence-corrected chi connectivity index (χ2v) is 3.74. The lowest BCUT2D eigenvalue weighted by Crippen LogP contribution is -2.24. The smallest absolute Gasteiger partial charge is 0.0952 e. The van der Waals surface area contributed by atoms with Crippen molar-refractivity contribution in [1.82, 2.24) is 0 Å². The number of benzene rings is 1. The van der Waals surface area contributed by atoms with E-state index in [0.717, 1.165) is 5.56 Å². The number of hydrogen-bond acceptors (Lipinski definition) is 2. The Kier molecular flexibility index (Phi) is 3.31. The van der Waals surface area contributed by atoms with Gasteiger partial charge in [-0.3, -0.25) is 0 Å². The molecule has 0 aliphatic rings. The van der Waals surface area contributed by atoms with Crippen molar-refractivity contribution in [2.75, 3.05) is 0 Å². The predicted octanol–water partition coefficient (Wildman–Crippen LogP) is 2.03. The number of aliphatic hydroxyl groups is 1. The van der Waals surface area contributed by atoms with E-state index in [-0.39, 0.29) is 6.04 Å². The van der Waals surface area contributed by atoms with Crippen molar-refractivity contribution in [2.24, 2.45) is 5.73 Å². The van der Waals surface area contributed by atoms with Crippen LogP contribution in [0.1, 0.15) is 24.2 Å². The third kappa shape index (κ3) is 2.44. The Morgan fingerprint density at radius 2 is 2.08 bits per heavy atom. The Bertz CT molecular complexity index is 299. The first-order valence-corrected chi connectivity index (χ1v) is 4.60. The van der Waals surface area contributed by atoms with Crippen molar-refractivity contribution in [2.45, 2.75) is 26.0 Å². The van der Waals surface area contributed by atoms with E-state index in [0.29, 0.717) is 10.6 Å². The normalized spacial score (nSPS) is 15.5. The van der Waals surface area contributed by atoms with Crippen molar-refractivity contribution in [1.29, 1.82) is 0 Å². The van der Waals surface area contributed by atoms with Crippen molar-refractivity contribution >= 4 is 11.6 Å². The summed E-state index contributed by atoms with van der Waals surface area (Å²) >= 11 is 5.95. The lowest BCUT2D eigenvalue weighted by atomic mass is 10.0. The quantitative estimate of drug-likeness (QED) is 0.766.